The zero-order valence-electron chi connectivity index (χ0n) is 18.9. The van der Waals surface area contributed by atoms with Crippen molar-refractivity contribution in [3.63, 3.8) is 0 Å². The van der Waals surface area contributed by atoms with Gasteiger partial charge in [0.2, 0.25) is 10.0 Å². The molecule has 0 unspecified atom stereocenters. The number of thiophene rings is 1. The quantitative estimate of drug-likeness (QED) is 0.261. The van der Waals surface area contributed by atoms with Crippen molar-refractivity contribution in [2.24, 2.45) is 0 Å². The predicted molar refractivity (Wildman–Crippen MR) is 137 cm³/mol. The van der Waals surface area contributed by atoms with Crippen LogP contribution in [0.5, 0.6) is 0 Å². The molecule has 0 bridgehead atoms. The minimum atomic E-state index is -3.90. The topological polar surface area (TPSA) is 59.4 Å². The Bertz CT molecular complexity index is 1380. The zero-order valence-corrected chi connectivity index (χ0v) is 21.3. The lowest BCUT2D eigenvalue weighted by Crippen LogP contribution is -2.35. The summed E-state index contributed by atoms with van der Waals surface area (Å²) in [6, 6.07) is 21.1. The van der Waals surface area contributed by atoms with Crippen LogP contribution in [0.2, 0.25) is 5.02 Å². The lowest BCUT2D eigenvalue weighted by molar-refractivity contribution is 0.0964. The molecule has 0 aliphatic carbocycles. The van der Waals surface area contributed by atoms with E-state index in [1.165, 1.54) is 9.18 Å². The van der Waals surface area contributed by atoms with Gasteiger partial charge in [-0.15, -0.1) is 11.3 Å². The molecule has 8 heteroatoms. The van der Waals surface area contributed by atoms with Gasteiger partial charge in [0.15, 0.2) is 5.78 Å². The fourth-order valence-corrected chi connectivity index (χ4v) is 6.12. The van der Waals surface area contributed by atoms with E-state index in [1.54, 1.807) is 65.9 Å². The average Bonchev–Trinajstić information content (AvgIpc) is 3.44. The summed E-state index contributed by atoms with van der Waals surface area (Å²) in [5.41, 5.74) is 3.09. The third-order valence-electron chi connectivity index (χ3n) is 5.74. The van der Waals surface area contributed by atoms with Crippen molar-refractivity contribution in [2.75, 3.05) is 6.54 Å². The number of aromatic nitrogens is 1. The summed E-state index contributed by atoms with van der Waals surface area (Å²) in [6.45, 7) is 4.35. The van der Waals surface area contributed by atoms with Crippen LogP contribution < -0.4 is 0 Å². The van der Waals surface area contributed by atoms with Gasteiger partial charge < -0.3 is 4.57 Å². The fraction of sp³-hybridized carbons (Fsp3) is 0.192. The Balaban J connectivity index is 1.65. The van der Waals surface area contributed by atoms with Gasteiger partial charge in [-0.05, 0) is 61.2 Å². The molecule has 0 saturated carbocycles. The normalized spacial score (nSPS) is 11.8. The molecule has 4 aromatic rings. The van der Waals surface area contributed by atoms with E-state index in [-0.39, 0.29) is 23.8 Å². The third-order valence-corrected chi connectivity index (χ3v) is 8.66. The number of halogens is 1. The molecule has 2 aromatic carbocycles. The highest BCUT2D eigenvalue weighted by atomic mass is 35.5. The maximum absolute atomic E-state index is 13.5. The number of benzene rings is 2. The Morgan fingerprint density at radius 3 is 2.35 bits per heavy atom. The molecular formula is C26H25ClN2O3S2. The smallest absolute Gasteiger partial charge is 0.243 e. The highest BCUT2D eigenvalue weighted by Crippen LogP contribution is 2.23. The van der Waals surface area contributed by atoms with Gasteiger partial charge in [0.25, 0.3) is 0 Å². The second-order valence-electron chi connectivity index (χ2n) is 8.09. The van der Waals surface area contributed by atoms with Crippen molar-refractivity contribution in [1.82, 2.24) is 8.87 Å². The van der Waals surface area contributed by atoms with E-state index in [2.05, 4.69) is 10.6 Å². The first-order valence-electron chi connectivity index (χ1n) is 10.8. The van der Waals surface area contributed by atoms with Crippen molar-refractivity contribution in [3.05, 3.63) is 111 Å². The van der Waals surface area contributed by atoms with E-state index in [0.717, 1.165) is 17.0 Å². The Morgan fingerprint density at radius 1 is 1.00 bits per heavy atom. The number of carbonyl (C=O) groups excluding carboxylic acids is 1. The fourth-order valence-electron chi connectivity index (χ4n) is 3.89. The van der Waals surface area contributed by atoms with Gasteiger partial charge in [-0.3, -0.25) is 4.79 Å². The van der Waals surface area contributed by atoms with Gasteiger partial charge in [0, 0.05) is 33.4 Å². The van der Waals surface area contributed by atoms with Crippen LogP contribution in [0.3, 0.4) is 0 Å². The largest absolute Gasteiger partial charge is 0.343 e. The molecule has 2 aromatic heterocycles. The number of nitrogens with zero attached hydrogens (tertiary/aromatic N) is 2. The molecule has 0 radical (unpaired) electrons. The average molecular weight is 513 g/mol. The van der Waals surface area contributed by atoms with Crippen molar-refractivity contribution in [1.29, 1.82) is 0 Å². The molecule has 0 aliphatic rings. The van der Waals surface area contributed by atoms with Crippen LogP contribution in [0.25, 0.3) is 0 Å². The molecule has 0 aliphatic heterocycles. The monoisotopic (exact) mass is 512 g/mol. The molecule has 2 heterocycles. The lowest BCUT2D eigenvalue weighted by atomic mass is 10.1. The Hall–Kier alpha value is -2.71. The van der Waals surface area contributed by atoms with Gasteiger partial charge in [-0.1, -0.05) is 48.0 Å². The van der Waals surface area contributed by atoms with Gasteiger partial charge >= 0.3 is 0 Å². The van der Waals surface area contributed by atoms with Crippen molar-refractivity contribution < 1.29 is 13.2 Å². The van der Waals surface area contributed by atoms with E-state index in [1.807, 2.05) is 31.4 Å². The van der Waals surface area contributed by atoms with Crippen LogP contribution in [-0.4, -0.2) is 29.6 Å². The van der Waals surface area contributed by atoms with Crippen LogP contribution in [0.4, 0.5) is 0 Å². The summed E-state index contributed by atoms with van der Waals surface area (Å²) < 4.78 is 30.3. The molecular weight excluding hydrogens is 488 g/mol. The summed E-state index contributed by atoms with van der Waals surface area (Å²) in [5, 5.41) is 2.59. The van der Waals surface area contributed by atoms with Crippen molar-refractivity contribution in [2.45, 2.75) is 31.8 Å². The summed E-state index contributed by atoms with van der Waals surface area (Å²) in [4.78, 5) is 14.8. The second kappa shape index (κ2) is 10.3. The first kappa shape index (κ1) is 24.4. The first-order chi connectivity index (χ1) is 16.3. The molecule has 34 heavy (non-hydrogen) atoms. The molecule has 0 atom stereocenters. The SMILES string of the molecule is Cc1cc(C(=O)CN(Cc2ccc(Cl)cc2)S(=O)(=O)c2ccccc2)c(C)n1Cc1cccs1. The molecule has 5 nitrogen and oxygen atoms in total. The maximum Gasteiger partial charge on any atom is 0.243 e. The highest BCUT2D eigenvalue weighted by molar-refractivity contribution is 7.89. The highest BCUT2D eigenvalue weighted by Gasteiger charge is 2.28. The lowest BCUT2D eigenvalue weighted by Gasteiger charge is -2.22. The summed E-state index contributed by atoms with van der Waals surface area (Å²) in [6.07, 6.45) is 0. The molecule has 0 saturated heterocycles. The Morgan fingerprint density at radius 2 is 1.71 bits per heavy atom. The molecule has 0 N–H and O–H groups in total. The Labute approximate surface area is 209 Å². The standard InChI is InChI=1S/C26H25ClN2O3S2/c1-19-15-25(20(2)29(19)17-23-7-6-14-33-23)26(30)18-28(16-21-10-12-22(27)13-11-21)34(31,32)24-8-4-3-5-9-24/h3-15H,16-18H2,1-2H3. The van der Waals surface area contributed by atoms with E-state index in [9.17, 15) is 13.2 Å². The predicted octanol–water partition coefficient (Wildman–Crippen LogP) is 5.94. The summed E-state index contributed by atoms with van der Waals surface area (Å²) in [7, 11) is -3.90. The molecule has 0 amide bonds. The van der Waals surface area contributed by atoms with E-state index in [0.29, 0.717) is 17.1 Å². The van der Waals surface area contributed by atoms with Gasteiger partial charge in [0.05, 0.1) is 18.0 Å². The third kappa shape index (κ3) is 5.33. The second-order valence-corrected chi connectivity index (χ2v) is 11.5. The Kier molecular flexibility index (Phi) is 7.38. The number of hydrogen-bond donors (Lipinski definition) is 0. The van der Waals surface area contributed by atoms with E-state index >= 15 is 0 Å². The van der Waals surface area contributed by atoms with E-state index in [4.69, 9.17) is 11.6 Å². The van der Waals surface area contributed by atoms with Gasteiger partial charge in [0.1, 0.15) is 0 Å². The van der Waals surface area contributed by atoms with Crippen LogP contribution in [0, 0.1) is 13.8 Å². The maximum atomic E-state index is 13.5. The first-order valence-corrected chi connectivity index (χ1v) is 13.5. The number of ketones is 1. The van der Waals surface area contributed by atoms with Crippen LogP contribution >= 0.6 is 22.9 Å². The van der Waals surface area contributed by atoms with Gasteiger partial charge in [-0.25, -0.2) is 8.42 Å². The zero-order chi connectivity index (χ0) is 24.3. The van der Waals surface area contributed by atoms with Crippen molar-refractivity contribution >= 4 is 38.7 Å². The number of aryl methyl sites for hydroxylation is 1. The molecule has 176 valence electrons. The molecule has 0 spiro atoms. The van der Waals surface area contributed by atoms with Crippen LogP contribution in [0.1, 0.15) is 32.2 Å². The van der Waals surface area contributed by atoms with Crippen molar-refractivity contribution in [3.8, 4) is 0 Å². The minimum absolute atomic E-state index is 0.0636. The molecule has 0 fully saturated rings. The van der Waals surface area contributed by atoms with E-state index < -0.39 is 10.0 Å². The minimum Gasteiger partial charge on any atom is -0.343 e. The summed E-state index contributed by atoms with van der Waals surface area (Å²) in [5.74, 6) is -0.237. The summed E-state index contributed by atoms with van der Waals surface area (Å²) >= 11 is 7.66. The van der Waals surface area contributed by atoms with Crippen LogP contribution in [0.15, 0.2) is 83.1 Å². The number of sulfonamides is 1. The van der Waals surface area contributed by atoms with Crippen LogP contribution in [-0.2, 0) is 23.1 Å². The van der Waals surface area contributed by atoms with Gasteiger partial charge in [-0.2, -0.15) is 4.31 Å². The number of Topliss-reactive ketones (excluding diaryl/α,β-unsaturated/α-hetero) is 1. The molecule has 4 rings (SSSR count). The number of hydrogen-bond acceptors (Lipinski definition) is 4. The number of carbonyl (C=O) groups is 1. The number of rotatable bonds is 9.